The molecule has 1 saturated carbocycles. The van der Waals surface area contributed by atoms with E-state index in [9.17, 15) is 17.9 Å². The molecule has 1 aliphatic carbocycles. The number of aliphatic hydroxyl groups excluding tert-OH is 1. The maximum absolute atomic E-state index is 12.8. The molecular formula is C11H14FNO3S. The van der Waals surface area contributed by atoms with Crippen LogP contribution in [0.15, 0.2) is 24.3 Å². The smallest absolute Gasteiger partial charge is 0.152 e. The quantitative estimate of drug-likeness (QED) is 0.802. The largest absolute Gasteiger partial charge is 0.394 e. The summed E-state index contributed by atoms with van der Waals surface area (Å²) in [6.07, 6.45) is 1.10. The standard InChI is InChI=1S/C11H14FNO3S/c1-17(15,16)10-9(11(10,13)6-14)7-2-4-8(12)5-3-7/h2-5,9-10,14H,6,13H2,1H3/t9-,10+,11+/m1/s1. The van der Waals surface area contributed by atoms with Gasteiger partial charge in [0.25, 0.3) is 0 Å². The summed E-state index contributed by atoms with van der Waals surface area (Å²) in [6.45, 7) is -0.410. The van der Waals surface area contributed by atoms with Crippen LogP contribution in [0.1, 0.15) is 11.5 Å². The summed E-state index contributed by atoms with van der Waals surface area (Å²) in [4.78, 5) is 0. The molecule has 4 nitrogen and oxygen atoms in total. The summed E-state index contributed by atoms with van der Waals surface area (Å²) >= 11 is 0. The number of sulfone groups is 1. The number of halogens is 1. The van der Waals surface area contributed by atoms with Crippen LogP contribution >= 0.6 is 0 Å². The molecule has 1 aromatic rings. The molecule has 0 aliphatic heterocycles. The minimum absolute atomic E-state index is 0.392. The summed E-state index contributed by atoms with van der Waals surface area (Å²) in [5.74, 6) is -0.861. The van der Waals surface area contributed by atoms with Gasteiger partial charge >= 0.3 is 0 Å². The number of aliphatic hydroxyl groups is 1. The molecule has 0 saturated heterocycles. The molecule has 17 heavy (non-hydrogen) atoms. The molecule has 0 aromatic heterocycles. The summed E-state index contributed by atoms with van der Waals surface area (Å²) in [5, 5.41) is 8.42. The monoisotopic (exact) mass is 259 g/mol. The van der Waals surface area contributed by atoms with Crippen LogP contribution in [0.2, 0.25) is 0 Å². The molecule has 94 valence electrons. The fourth-order valence-corrected chi connectivity index (χ4v) is 4.26. The van der Waals surface area contributed by atoms with Gasteiger partial charge in [-0.05, 0) is 17.7 Å². The van der Waals surface area contributed by atoms with Crippen LogP contribution in [0, 0.1) is 5.82 Å². The number of nitrogens with two attached hydrogens (primary N) is 1. The Balaban J connectivity index is 2.37. The first-order chi connectivity index (χ1) is 7.80. The highest BCUT2D eigenvalue weighted by atomic mass is 32.2. The first-order valence-electron chi connectivity index (χ1n) is 5.15. The van der Waals surface area contributed by atoms with Gasteiger partial charge in [-0.15, -0.1) is 0 Å². The van der Waals surface area contributed by atoms with Gasteiger partial charge in [-0.3, -0.25) is 0 Å². The molecule has 1 aliphatic rings. The van der Waals surface area contributed by atoms with Crippen molar-refractivity contribution in [2.75, 3.05) is 12.9 Å². The molecule has 0 spiro atoms. The second-order valence-corrected chi connectivity index (χ2v) is 6.72. The molecule has 0 bridgehead atoms. The number of hydrogen-bond donors (Lipinski definition) is 2. The zero-order chi connectivity index (χ0) is 12.8. The van der Waals surface area contributed by atoms with E-state index in [4.69, 9.17) is 5.73 Å². The SMILES string of the molecule is CS(=O)(=O)[C@H]1[C@@H](c2ccc(F)cc2)[C@@]1(N)CO. The Morgan fingerprint density at radius 1 is 1.41 bits per heavy atom. The normalized spacial score (nSPS) is 32.5. The van der Waals surface area contributed by atoms with E-state index in [0.29, 0.717) is 5.56 Å². The van der Waals surface area contributed by atoms with Gasteiger partial charge in [-0.2, -0.15) is 0 Å². The van der Waals surface area contributed by atoms with E-state index >= 15 is 0 Å². The Labute approximate surface area is 99.2 Å². The van der Waals surface area contributed by atoms with Gasteiger partial charge < -0.3 is 10.8 Å². The summed E-state index contributed by atoms with van der Waals surface area (Å²) < 4.78 is 35.9. The maximum Gasteiger partial charge on any atom is 0.152 e. The average molecular weight is 259 g/mol. The van der Waals surface area contributed by atoms with E-state index in [2.05, 4.69) is 0 Å². The number of hydrogen-bond acceptors (Lipinski definition) is 4. The summed E-state index contributed by atoms with van der Waals surface area (Å²) in [5.41, 5.74) is 5.36. The third-order valence-electron chi connectivity index (χ3n) is 3.27. The van der Waals surface area contributed by atoms with E-state index in [0.717, 1.165) is 6.26 Å². The summed E-state index contributed by atoms with van der Waals surface area (Å²) in [7, 11) is -3.34. The van der Waals surface area contributed by atoms with Crippen molar-refractivity contribution in [2.24, 2.45) is 5.73 Å². The number of rotatable bonds is 3. The molecule has 0 heterocycles. The van der Waals surface area contributed by atoms with Crippen LogP contribution in [0.3, 0.4) is 0 Å². The average Bonchev–Trinajstić information content (AvgIpc) is 2.87. The molecule has 3 N–H and O–H groups in total. The minimum Gasteiger partial charge on any atom is -0.394 e. The van der Waals surface area contributed by atoms with Crippen LogP contribution in [0.4, 0.5) is 4.39 Å². The van der Waals surface area contributed by atoms with E-state index in [1.54, 1.807) is 0 Å². The maximum atomic E-state index is 12.8. The number of benzene rings is 1. The van der Waals surface area contributed by atoms with Gasteiger partial charge in [0.05, 0.1) is 17.4 Å². The molecule has 6 heteroatoms. The Morgan fingerprint density at radius 2 is 1.94 bits per heavy atom. The molecule has 1 aromatic carbocycles. The zero-order valence-corrected chi connectivity index (χ0v) is 10.1. The lowest BCUT2D eigenvalue weighted by atomic mass is 10.1. The van der Waals surface area contributed by atoms with Gasteiger partial charge in [0, 0.05) is 12.2 Å². The first-order valence-corrected chi connectivity index (χ1v) is 7.10. The van der Waals surface area contributed by atoms with E-state index in [-0.39, 0.29) is 0 Å². The van der Waals surface area contributed by atoms with Gasteiger partial charge in [-0.25, -0.2) is 12.8 Å². The van der Waals surface area contributed by atoms with Crippen LogP contribution in [-0.4, -0.2) is 37.2 Å². The molecule has 2 rings (SSSR count). The highest BCUT2D eigenvalue weighted by molar-refractivity contribution is 7.91. The van der Waals surface area contributed by atoms with Crippen LogP contribution in [-0.2, 0) is 9.84 Å². The van der Waals surface area contributed by atoms with Gasteiger partial charge in [-0.1, -0.05) is 12.1 Å². The predicted molar refractivity (Wildman–Crippen MR) is 61.8 cm³/mol. The van der Waals surface area contributed by atoms with Crippen molar-refractivity contribution in [1.82, 2.24) is 0 Å². The van der Waals surface area contributed by atoms with E-state index in [1.165, 1.54) is 24.3 Å². The predicted octanol–water partition coefficient (Wildman–Crippen LogP) is 0.0259. The third-order valence-corrected chi connectivity index (χ3v) is 4.90. The first kappa shape index (κ1) is 12.5. The molecule has 1 fully saturated rings. The minimum atomic E-state index is -3.34. The van der Waals surface area contributed by atoms with Crippen LogP contribution in [0.25, 0.3) is 0 Å². The Kier molecular flexibility index (Phi) is 2.76. The summed E-state index contributed by atoms with van der Waals surface area (Å²) in [6, 6.07) is 5.51. The van der Waals surface area contributed by atoms with Crippen molar-refractivity contribution in [3.63, 3.8) is 0 Å². The third kappa shape index (κ3) is 1.96. The van der Waals surface area contributed by atoms with E-state index in [1.807, 2.05) is 0 Å². The Morgan fingerprint density at radius 3 is 2.29 bits per heavy atom. The lowest BCUT2D eigenvalue weighted by molar-refractivity contribution is 0.253. The van der Waals surface area contributed by atoms with Crippen molar-refractivity contribution in [1.29, 1.82) is 0 Å². The zero-order valence-electron chi connectivity index (χ0n) is 9.30. The topological polar surface area (TPSA) is 80.4 Å². The van der Waals surface area contributed by atoms with E-state index < -0.39 is 39.0 Å². The van der Waals surface area contributed by atoms with Gasteiger partial charge in [0.2, 0.25) is 0 Å². The van der Waals surface area contributed by atoms with Crippen molar-refractivity contribution in [3.8, 4) is 0 Å². The molecule has 3 atom stereocenters. The second-order valence-electron chi connectivity index (χ2n) is 4.55. The van der Waals surface area contributed by atoms with Crippen molar-refractivity contribution < 1.29 is 17.9 Å². The van der Waals surface area contributed by atoms with Crippen molar-refractivity contribution >= 4 is 9.84 Å². The Hall–Kier alpha value is -0.980. The fraction of sp³-hybridized carbons (Fsp3) is 0.455. The molecular weight excluding hydrogens is 245 g/mol. The Bertz CT molecular complexity index is 528. The van der Waals surface area contributed by atoms with Gasteiger partial charge in [0.15, 0.2) is 9.84 Å². The highest BCUT2D eigenvalue weighted by Crippen LogP contribution is 2.53. The lowest BCUT2D eigenvalue weighted by Gasteiger charge is -2.06. The van der Waals surface area contributed by atoms with Crippen molar-refractivity contribution in [2.45, 2.75) is 16.7 Å². The van der Waals surface area contributed by atoms with Crippen LogP contribution < -0.4 is 5.73 Å². The van der Waals surface area contributed by atoms with Gasteiger partial charge in [0.1, 0.15) is 5.82 Å². The fourth-order valence-electron chi connectivity index (χ4n) is 2.41. The van der Waals surface area contributed by atoms with Crippen molar-refractivity contribution in [3.05, 3.63) is 35.6 Å². The molecule has 0 radical (unpaired) electrons. The highest BCUT2D eigenvalue weighted by Gasteiger charge is 2.67. The molecule has 0 amide bonds. The lowest BCUT2D eigenvalue weighted by Crippen LogP contribution is -2.34. The van der Waals surface area contributed by atoms with Crippen LogP contribution in [0.5, 0.6) is 0 Å². The molecule has 0 unspecified atom stereocenters. The second kappa shape index (κ2) is 3.76.